The molecule has 132 valence electrons. The number of aryl methyl sites for hydroxylation is 1. The van der Waals surface area contributed by atoms with Gasteiger partial charge in [-0.1, -0.05) is 20.8 Å². The molecule has 2 atom stereocenters. The van der Waals surface area contributed by atoms with Crippen LogP contribution >= 0.6 is 0 Å². The number of carbonyl (C=O) groups excluding carboxylic acids is 1. The minimum Gasteiger partial charge on any atom is -0.356 e. The summed E-state index contributed by atoms with van der Waals surface area (Å²) in [5.74, 6) is 3.51. The number of hydrogen-bond donors (Lipinski definition) is 0. The predicted molar refractivity (Wildman–Crippen MR) is 96.1 cm³/mol. The van der Waals surface area contributed by atoms with Crippen LogP contribution in [-0.4, -0.2) is 47.0 Å². The predicted octanol–water partition coefficient (Wildman–Crippen LogP) is 2.99. The fourth-order valence-corrected chi connectivity index (χ4v) is 3.58. The van der Waals surface area contributed by atoms with Gasteiger partial charge in [0.05, 0.1) is 0 Å². The van der Waals surface area contributed by atoms with Gasteiger partial charge in [0.1, 0.15) is 11.6 Å². The number of nitrogens with zero attached hydrogens (tertiary/aromatic N) is 4. The van der Waals surface area contributed by atoms with Gasteiger partial charge in [-0.05, 0) is 32.1 Å². The highest BCUT2D eigenvalue weighted by Gasteiger charge is 2.42. The first-order valence-corrected chi connectivity index (χ1v) is 9.24. The topological polar surface area (TPSA) is 49.3 Å². The van der Waals surface area contributed by atoms with Crippen LogP contribution in [0.15, 0.2) is 6.07 Å². The van der Waals surface area contributed by atoms with Gasteiger partial charge in [0.15, 0.2) is 0 Å². The normalized spacial score (nSPS) is 24.3. The lowest BCUT2D eigenvalue weighted by Crippen LogP contribution is -2.46. The van der Waals surface area contributed by atoms with Crippen molar-refractivity contribution in [1.82, 2.24) is 14.9 Å². The molecule has 0 radical (unpaired) electrons. The van der Waals surface area contributed by atoms with E-state index in [0.717, 1.165) is 49.7 Å². The third-order valence-electron chi connectivity index (χ3n) is 5.48. The van der Waals surface area contributed by atoms with Gasteiger partial charge >= 0.3 is 0 Å². The van der Waals surface area contributed by atoms with E-state index in [-0.39, 0.29) is 5.92 Å². The molecule has 5 heteroatoms. The summed E-state index contributed by atoms with van der Waals surface area (Å²) in [5, 5.41) is 0. The van der Waals surface area contributed by atoms with Gasteiger partial charge in [0.2, 0.25) is 5.91 Å². The van der Waals surface area contributed by atoms with Crippen molar-refractivity contribution < 1.29 is 4.79 Å². The van der Waals surface area contributed by atoms with E-state index in [9.17, 15) is 4.79 Å². The van der Waals surface area contributed by atoms with Crippen molar-refractivity contribution in [3.05, 3.63) is 17.6 Å². The first kappa shape index (κ1) is 17.2. The molecular weight excluding hydrogens is 300 g/mol. The number of amides is 1. The van der Waals surface area contributed by atoms with Crippen molar-refractivity contribution in [2.24, 2.45) is 11.8 Å². The molecule has 0 N–H and O–H groups in total. The first-order chi connectivity index (χ1) is 11.4. The van der Waals surface area contributed by atoms with E-state index in [1.54, 1.807) is 0 Å². The highest BCUT2D eigenvalue weighted by molar-refractivity contribution is 5.81. The smallest absolute Gasteiger partial charge is 0.225 e. The molecule has 1 aromatic rings. The number of piperidine rings is 1. The summed E-state index contributed by atoms with van der Waals surface area (Å²) in [4.78, 5) is 26.1. The van der Waals surface area contributed by atoms with E-state index in [0.29, 0.717) is 23.8 Å². The Morgan fingerprint density at radius 1 is 1.29 bits per heavy atom. The second-order valence-electron chi connectivity index (χ2n) is 7.87. The second kappa shape index (κ2) is 6.69. The molecule has 0 unspecified atom stereocenters. The van der Waals surface area contributed by atoms with Crippen LogP contribution in [-0.2, 0) is 4.79 Å². The Balaban J connectivity index is 1.62. The number of hydrogen-bond acceptors (Lipinski definition) is 4. The monoisotopic (exact) mass is 330 g/mol. The molecule has 2 heterocycles. The molecule has 3 rings (SSSR count). The quantitative estimate of drug-likeness (QED) is 0.851. The molecule has 1 saturated carbocycles. The summed E-state index contributed by atoms with van der Waals surface area (Å²) in [6.45, 7) is 10.4. The lowest BCUT2D eigenvalue weighted by atomic mass is 10.0. The van der Waals surface area contributed by atoms with Crippen LogP contribution in [0.1, 0.15) is 57.5 Å². The van der Waals surface area contributed by atoms with Crippen molar-refractivity contribution in [2.75, 3.05) is 25.0 Å². The molecular formula is C19H30N4O. The number of aromatic nitrogens is 2. The molecule has 0 aromatic carbocycles. The molecule has 1 amide bonds. The van der Waals surface area contributed by atoms with Gasteiger partial charge < -0.3 is 9.80 Å². The summed E-state index contributed by atoms with van der Waals surface area (Å²) in [7, 11) is 1.99. The summed E-state index contributed by atoms with van der Waals surface area (Å²) in [5.41, 5.74) is 1.03. The largest absolute Gasteiger partial charge is 0.356 e. The molecule has 1 aromatic heterocycles. The van der Waals surface area contributed by atoms with Gasteiger partial charge in [0.25, 0.3) is 0 Å². The molecule has 0 spiro atoms. The van der Waals surface area contributed by atoms with E-state index in [4.69, 9.17) is 4.98 Å². The van der Waals surface area contributed by atoms with Gasteiger partial charge in [-0.2, -0.15) is 0 Å². The van der Waals surface area contributed by atoms with E-state index >= 15 is 0 Å². The second-order valence-corrected chi connectivity index (χ2v) is 7.87. The molecule has 2 aliphatic rings. The van der Waals surface area contributed by atoms with Crippen LogP contribution in [0.4, 0.5) is 5.82 Å². The van der Waals surface area contributed by atoms with Crippen LogP contribution in [0.25, 0.3) is 0 Å². The van der Waals surface area contributed by atoms with E-state index in [1.807, 2.05) is 18.9 Å². The van der Waals surface area contributed by atoms with Crippen LogP contribution in [0.2, 0.25) is 0 Å². The third kappa shape index (κ3) is 3.55. The number of anilines is 1. The van der Waals surface area contributed by atoms with Crippen molar-refractivity contribution in [2.45, 2.75) is 58.9 Å². The van der Waals surface area contributed by atoms with Gasteiger partial charge in [-0.15, -0.1) is 0 Å². The van der Waals surface area contributed by atoms with Crippen molar-refractivity contribution in [1.29, 1.82) is 0 Å². The molecule has 1 aliphatic heterocycles. The molecule has 0 bridgehead atoms. The van der Waals surface area contributed by atoms with Crippen LogP contribution < -0.4 is 4.90 Å². The van der Waals surface area contributed by atoms with Crippen molar-refractivity contribution >= 4 is 11.7 Å². The lowest BCUT2D eigenvalue weighted by molar-refractivity contribution is -0.134. The van der Waals surface area contributed by atoms with Crippen molar-refractivity contribution in [3.8, 4) is 0 Å². The SMILES string of the molecule is Cc1cc(N2CCC(N(C)C(=O)[C@@H]3C[C@@H]3C)CC2)nc(C(C)C)n1. The van der Waals surface area contributed by atoms with Gasteiger partial charge in [-0.25, -0.2) is 9.97 Å². The number of carbonyl (C=O) groups is 1. The average Bonchev–Trinajstić information content (AvgIpc) is 3.30. The Hall–Kier alpha value is -1.65. The standard InChI is InChI=1S/C19H30N4O/c1-12(2)18-20-14(4)11-17(21-18)23-8-6-15(7-9-23)22(5)19(24)16-10-13(16)3/h11-13,15-16H,6-10H2,1-5H3/t13-,16+/m0/s1. The van der Waals surface area contributed by atoms with E-state index in [2.05, 4.69) is 36.7 Å². The minimum absolute atomic E-state index is 0.283. The average molecular weight is 330 g/mol. The maximum atomic E-state index is 12.4. The molecule has 24 heavy (non-hydrogen) atoms. The maximum Gasteiger partial charge on any atom is 0.225 e. The van der Waals surface area contributed by atoms with Crippen molar-refractivity contribution in [3.63, 3.8) is 0 Å². The molecule has 2 fully saturated rings. The van der Waals surface area contributed by atoms with E-state index < -0.39 is 0 Å². The lowest BCUT2D eigenvalue weighted by Gasteiger charge is -2.37. The Bertz CT molecular complexity index is 607. The highest BCUT2D eigenvalue weighted by atomic mass is 16.2. The van der Waals surface area contributed by atoms with Crippen LogP contribution in [0, 0.1) is 18.8 Å². The third-order valence-corrected chi connectivity index (χ3v) is 5.48. The minimum atomic E-state index is 0.283. The highest BCUT2D eigenvalue weighted by Crippen LogP contribution is 2.39. The Kier molecular flexibility index (Phi) is 4.79. The summed E-state index contributed by atoms with van der Waals surface area (Å²) >= 11 is 0. The van der Waals surface area contributed by atoms with Gasteiger partial charge in [-0.3, -0.25) is 4.79 Å². The van der Waals surface area contributed by atoms with E-state index in [1.165, 1.54) is 0 Å². The zero-order valence-electron chi connectivity index (χ0n) is 15.6. The van der Waals surface area contributed by atoms with Crippen LogP contribution in [0.3, 0.4) is 0 Å². The van der Waals surface area contributed by atoms with Gasteiger partial charge in [0, 0.05) is 49.8 Å². The Labute approximate surface area is 145 Å². The molecule has 5 nitrogen and oxygen atoms in total. The Morgan fingerprint density at radius 2 is 1.92 bits per heavy atom. The summed E-state index contributed by atoms with van der Waals surface area (Å²) in [6, 6.07) is 2.45. The zero-order valence-corrected chi connectivity index (χ0v) is 15.6. The first-order valence-electron chi connectivity index (χ1n) is 9.24. The summed E-state index contributed by atoms with van der Waals surface area (Å²) in [6.07, 6.45) is 3.10. The molecule has 1 saturated heterocycles. The fourth-order valence-electron chi connectivity index (χ4n) is 3.58. The number of rotatable bonds is 4. The summed E-state index contributed by atoms with van der Waals surface area (Å²) < 4.78 is 0. The fraction of sp³-hybridized carbons (Fsp3) is 0.737. The maximum absolute atomic E-state index is 12.4. The zero-order chi connectivity index (χ0) is 17.4. The van der Waals surface area contributed by atoms with Crippen LogP contribution in [0.5, 0.6) is 0 Å². The Morgan fingerprint density at radius 3 is 2.46 bits per heavy atom. The molecule has 1 aliphatic carbocycles.